The number of hydrogen-bond acceptors (Lipinski definition) is 2. The summed E-state index contributed by atoms with van der Waals surface area (Å²) in [6.45, 7) is 4.71. The highest BCUT2D eigenvalue weighted by Gasteiger charge is 2.10. The van der Waals surface area contributed by atoms with Crippen LogP contribution in [0.2, 0.25) is 0 Å². The fourth-order valence-corrected chi connectivity index (χ4v) is 2.14. The Morgan fingerprint density at radius 1 is 1.62 bits per heavy atom. The first kappa shape index (κ1) is 13.2. The van der Waals surface area contributed by atoms with Crippen molar-refractivity contribution in [2.24, 2.45) is 5.92 Å². The molecule has 1 rings (SSSR count). The first-order valence-corrected chi connectivity index (χ1v) is 6.53. The predicted molar refractivity (Wildman–Crippen MR) is 68.9 cm³/mol. The van der Waals surface area contributed by atoms with E-state index in [9.17, 15) is 4.79 Å². The standard InChI is InChI=1S/C12H17BrN2O/c1-9(5-6-13)8-15-12(16)11-10(2)4-3-7-14-11/h3-4,7,9H,5-6,8H2,1-2H3,(H,15,16). The van der Waals surface area contributed by atoms with Crippen molar-refractivity contribution in [1.82, 2.24) is 10.3 Å². The summed E-state index contributed by atoms with van der Waals surface area (Å²) in [5.41, 5.74) is 1.43. The highest BCUT2D eigenvalue weighted by Crippen LogP contribution is 2.05. The maximum atomic E-state index is 11.8. The predicted octanol–water partition coefficient (Wildman–Crippen LogP) is 2.54. The van der Waals surface area contributed by atoms with E-state index in [4.69, 9.17) is 0 Å². The number of rotatable bonds is 5. The number of pyridine rings is 1. The van der Waals surface area contributed by atoms with E-state index in [0.717, 1.165) is 17.3 Å². The molecule has 0 spiro atoms. The number of carbonyl (C=O) groups excluding carboxylic acids is 1. The van der Waals surface area contributed by atoms with E-state index in [-0.39, 0.29) is 5.91 Å². The molecule has 1 aromatic rings. The molecule has 0 fully saturated rings. The molecule has 1 amide bonds. The van der Waals surface area contributed by atoms with Crippen molar-refractivity contribution >= 4 is 21.8 Å². The summed E-state index contributed by atoms with van der Waals surface area (Å²) in [6.07, 6.45) is 2.70. The van der Waals surface area contributed by atoms with Gasteiger partial charge in [0.15, 0.2) is 0 Å². The average Bonchev–Trinajstić information content (AvgIpc) is 2.27. The van der Waals surface area contributed by atoms with Crippen LogP contribution in [0.1, 0.15) is 29.4 Å². The van der Waals surface area contributed by atoms with E-state index in [1.807, 2.05) is 19.1 Å². The van der Waals surface area contributed by atoms with Crippen LogP contribution in [0.5, 0.6) is 0 Å². The number of aryl methyl sites for hydroxylation is 1. The van der Waals surface area contributed by atoms with Crippen LogP contribution in [-0.4, -0.2) is 22.8 Å². The van der Waals surface area contributed by atoms with Crippen LogP contribution >= 0.6 is 15.9 Å². The second kappa shape index (κ2) is 6.63. The topological polar surface area (TPSA) is 42.0 Å². The van der Waals surface area contributed by atoms with Gasteiger partial charge in [-0.1, -0.05) is 28.9 Å². The van der Waals surface area contributed by atoms with Crippen LogP contribution in [0.4, 0.5) is 0 Å². The normalized spacial score (nSPS) is 12.2. The zero-order valence-electron chi connectivity index (χ0n) is 9.66. The van der Waals surface area contributed by atoms with Crippen LogP contribution in [0, 0.1) is 12.8 Å². The van der Waals surface area contributed by atoms with Crippen LogP contribution in [0.3, 0.4) is 0 Å². The van der Waals surface area contributed by atoms with Crippen molar-refractivity contribution in [3.8, 4) is 0 Å². The minimum absolute atomic E-state index is 0.0838. The van der Waals surface area contributed by atoms with Crippen molar-refractivity contribution in [3.05, 3.63) is 29.6 Å². The zero-order chi connectivity index (χ0) is 12.0. The summed E-state index contributed by atoms with van der Waals surface area (Å²) >= 11 is 3.39. The molecule has 0 aromatic carbocycles. The molecule has 1 atom stereocenters. The Morgan fingerprint density at radius 2 is 2.38 bits per heavy atom. The van der Waals surface area contributed by atoms with Crippen molar-refractivity contribution in [1.29, 1.82) is 0 Å². The third-order valence-electron chi connectivity index (χ3n) is 2.44. The summed E-state index contributed by atoms with van der Waals surface area (Å²) < 4.78 is 0. The Bertz CT molecular complexity index is 355. The molecule has 1 N–H and O–H groups in total. The zero-order valence-corrected chi connectivity index (χ0v) is 11.3. The molecule has 16 heavy (non-hydrogen) atoms. The number of nitrogens with zero attached hydrogens (tertiary/aromatic N) is 1. The highest BCUT2D eigenvalue weighted by molar-refractivity contribution is 9.09. The van der Waals surface area contributed by atoms with Gasteiger partial charge >= 0.3 is 0 Å². The van der Waals surface area contributed by atoms with Gasteiger partial charge in [0.2, 0.25) is 0 Å². The van der Waals surface area contributed by atoms with Crippen molar-refractivity contribution in [3.63, 3.8) is 0 Å². The third kappa shape index (κ3) is 3.93. The summed E-state index contributed by atoms with van der Waals surface area (Å²) in [7, 11) is 0. The molecule has 88 valence electrons. The van der Waals surface area contributed by atoms with Gasteiger partial charge in [0.1, 0.15) is 5.69 Å². The number of carbonyl (C=O) groups is 1. The molecule has 3 nitrogen and oxygen atoms in total. The minimum Gasteiger partial charge on any atom is -0.350 e. The molecule has 1 heterocycles. The molecule has 4 heteroatoms. The molecule has 0 aliphatic rings. The first-order chi connectivity index (χ1) is 7.65. The maximum absolute atomic E-state index is 11.8. The second-order valence-corrected chi connectivity index (χ2v) is 4.75. The van der Waals surface area contributed by atoms with Crippen molar-refractivity contribution in [2.75, 3.05) is 11.9 Å². The fraction of sp³-hybridized carbons (Fsp3) is 0.500. The van der Waals surface area contributed by atoms with Gasteiger partial charge in [0, 0.05) is 18.1 Å². The number of amides is 1. The summed E-state index contributed by atoms with van der Waals surface area (Å²) in [5.74, 6) is 0.395. The molecule has 0 bridgehead atoms. The van der Waals surface area contributed by atoms with Crippen molar-refractivity contribution in [2.45, 2.75) is 20.3 Å². The Kier molecular flexibility index (Phi) is 5.46. The smallest absolute Gasteiger partial charge is 0.270 e. The van der Waals surface area contributed by atoms with Gasteiger partial charge in [-0.2, -0.15) is 0 Å². The number of hydrogen-bond donors (Lipinski definition) is 1. The lowest BCUT2D eigenvalue weighted by Crippen LogP contribution is -2.29. The van der Waals surface area contributed by atoms with E-state index < -0.39 is 0 Å². The molecule has 0 saturated heterocycles. The highest BCUT2D eigenvalue weighted by atomic mass is 79.9. The Balaban J connectivity index is 2.50. The Labute approximate surface area is 105 Å². The number of halogens is 1. The number of nitrogens with one attached hydrogen (secondary N) is 1. The van der Waals surface area contributed by atoms with Gasteiger partial charge in [-0.25, -0.2) is 0 Å². The molecule has 0 aliphatic heterocycles. The van der Waals surface area contributed by atoms with Crippen LogP contribution in [0.25, 0.3) is 0 Å². The van der Waals surface area contributed by atoms with E-state index in [0.29, 0.717) is 18.2 Å². The summed E-state index contributed by atoms with van der Waals surface area (Å²) in [4.78, 5) is 15.9. The summed E-state index contributed by atoms with van der Waals surface area (Å²) in [5, 5.41) is 3.87. The molecule has 0 radical (unpaired) electrons. The van der Waals surface area contributed by atoms with Gasteiger partial charge in [-0.05, 0) is 30.9 Å². The van der Waals surface area contributed by atoms with Crippen LogP contribution in [-0.2, 0) is 0 Å². The second-order valence-electron chi connectivity index (χ2n) is 3.96. The largest absolute Gasteiger partial charge is 0.350 e. The quantitative estimate of drug-likeness (QED) is 0.845. The van der Waals surface area contributed by atoms with Crippen LogP contribution < -0.4 is 5.32 Å². The molecule has 0 aliphatic carbocycles. The maximum Gasteiger partial charge on any atom is 0.270 e. The first-order valence-electron chi connectivity index (χ1n) is 5.41. The molecular formula is C12H17BrN2O. The van der Waals surface area contributed by atoms with Crippen molar-refractivity contribution < 1.29 is 4.79 Å². The van der Waals surface area contributed by atoms with Gasteiger partial charge in [-0.3, -0.25) is 9.78 Å². The summed E-state index contributed by atoms with van der Waals surface area (Å²) in [6, 6.07) is 3.73. The monoisotopic (exact) mass is 284 g/mol. The van der Waals surface area contributed by atoms with Gasteiger partial charge in [0.05, 0.1) is 0 Å². The lowest BCUT2D eigenvalue weighted by atomic mass is 10.1. The number of aromatic nitrogens is 1. The SMILES string of the molecule is Cc1cccnc1C(=O)NCC(C)CCBr. The van der Waals surface area contributed by atoms with Gasteiger partial charge < -0.3 is 5.32 Å². The Hall–Kier alpha value is -0.900. The van der Waals surface area contributed by atoms with Gasteiger partial charge in [-0.15, -0.1) is 0 Å². The van der Waals surface area contributed by atoms with E-state index >= 15 is 0 Å². The molecular weight excluding hydrogens is 268 g/mol. The molecule has 1 unspecified atom stereocenters. The Morgan fingerprint density at radius 3 is 3.00 bits per heavy atom. The van der Waals surface area contributed by atoms with Crippen LogP contribution in [0.15, 0.2) is 18.3 Å². The lowest BCUT2D eigenvalue weighted by Gasteiger charge is -2.11. The molecule has 0 saturated carbocycles. The van der Waals surface area contributed by atoms with E-state index in [1.165, 1.54) is 0 Å². The third-order valence-corrected chi connectivity index (χ3v) is 2.90. The minimum atomic E-state index is -0.0838. The molecule has 1 aromatic heterocycles. The van der Waals surface area contributed by atoms with E-state index in [1.54, 1.807) is 6.20 Å². The van der Waals surface area contributed by atoms with Gasteiger partial charge in [0.25, 0.3) is 5.91 Å². The number of alkyl halides is 1. The average molecular weight is 285 g/mol. The fourth-order valence-electron chi connectivity index (χ4n) is 1.36. The lowest BCUT2D eigenvalue weighted by molar-refractivity contribution is 0.0942. The van der Waals surface area contributed by atoms with E-state index in [2.05, 4.69) is 33.2 Å².